The van der Waals surface area contributed by atoms with E-state index in [1.165, 1.54) is 19.3 Å². The van der Waals surface area contributed by atoms with Gasteiger partial charge in [-0.2, -0.15) is 0 Å². The van der Waals surface area contributed by atoms with Crippen LogP contribution in [0.5, 0.6) is 0 Å². The van der Waals surface area contributed by atoms with Gasteiger partial charge in [-0.05, 0) is 69.9 Å². The number of hydrogen-bond acceptors (Lipinski definition) is 3. The van der Waals surface area contributed by atoms with Gasteiger partial charge in [0.2, 0.25) is 0 Å². The van der Waals surface area contributed by atoms with Crippen LogP contribution in [0.4, 0.5) is 17.1 Å². The molecule has 4 heteroatoms. The van der Waals surface area contributed by atoms with E-state index in [4.69, 9.17) is 5.73 Å². The lowest BCUT2D eigenvalue weighted by Gasteiger charge is -2.42. The number of amides is 1. The first-order valence-electron chi connectivity index (χ1n) is 9.02. The lowest BCUT2D eigenvalue weighted by Crippen LogP contribution is -2.44. The summed E-state index contributed by atoms with van der Waals surface area (Å²) < 4.78 is 0. The molecule has 0 unspecified atom stereocenters. The number of benzene rings is 2. The average Bonchev–Trinajstić information content (AvgIpc) is 2.59. The van der Waals surface area contributed by atoms with Crippen molar-refractivity contribution in [2.24, 2.45) is 0 Å². The first-order chi connectivity index (χ1) is 12.0. The number of carbonyl (C=O) groups is 1. The van der Waals surface area contributed by atoms with E-state index in [-0.39, 0.29) is 5.91 Å². The Bertz CT molecular complexity index is 747. The van der Waals surface area contributed by atoms with Gasteiger partial charge < -0.3 is 16.0 Å². The normalized spacial score (nSPS) is 20.4. The Morgan fingerprint density at radius 3 is 2.40 bits per heavy atom. The van der Waals surface area contributed by atoms with E-state index in [0.29, 0.717) is 29.0 Å². The number of piperidine rings is 1. The molecule has 0 spiro atoms. The molecule has 25 heavy (non-hydrogen) atoms. The molecule has 3 N–H and O–H groups in total. The number of nitrogens with one attached hydrogen (secondary N) is 1. The molecule has 1 aliphatic heterocycles. The third kappa shape index (κ3) is 3.63. The molecule has 1 aliphatic rings. The fraction of sp³-hybridized carbons (Fsp3) is 0.381. The fourth-order valence-corrected chi connectivity index (χ4v) is 3.79. The zero-order valence-corrected chi connectivity index (χ0v) is 15.3. The van der Waals surface area contributed by atoms with Gasteiger partial charge >= 0.3 is 0 Å². The number of hydrogen-bond donors (Lipinski definition) is 2. The summed E-state index contributed by atoms with van der Waals surface area (Å²) in [6.45, 7) is 6.63. The van der Waals surface area contributed by atoms with Crippen molar-refractivity contribution in [2.45, 2.75) is 52.1 Å². The molecule has 1 heterocycles. The molecule has 0 aromatic heterocycles. The van der Waals surface area contributed by atoms with Crippen LogP contribution in [0.25, 0.3) is 0 Å². The second-order valence-corrected chi connectivity index (χ2v) is 7.08. The predicted molar refractivity (Wildman–Crippen MR) is 105 cm³/mol. The topological polar surface area (TPSA) is 58.4 Å². The van der Waals surface area contributed by atoms with E-state index in [1.807, 2.05) is 30.3 Å². The van der Waals surface area contributed by atoms with Crippen molar-refractivity contribution >= 4 is 23.0 Å². The van der Waals surface area contributed by atoms with Crippen molar-refractivity contribution in [2.75, 3.05) is 16.0 Å². The van der Waals surface area contributed by atoms with Gasteiger partial charge in [0.1, 0.15) is 0 Å². The first kappa shape index (κ1) is 17.3. The van der Waals surface area contributed by atoms with E-state index < -0.39 is 0 Å². The van der Waals surface area contributed by atoms with Gasteiger partial charge in [0.25, 0.3) is 5.91 Å². The van der Waals surface area contributed by atoms with Crippen molar-refractivity contribution in [3.05, 3.63) is 53.6 Å². The van der Waals surface area contributed by atoms with Crippen LogP contribution in [0.2, 0.25) is 0 Å². The lowest BCUT2D eigenvalue weighted by atomic mass is 9.95. The van der Waals surface area contributed by atoms with Gasteiger partial charge in [-0.15, -0.1) is 0 Å². The first-order valence-corrected chi connectivity index (χ1v) is 9.02. The lowest BCUT2D eigenvalue weighted by molar-refractivity contribution is 0.102. The number of nitrogen functional groups attached to an aromatic ring is 1. The second-order valence-electron chi connectivity index (χ2n) is 7.08. The molecule has 132 valence electrons. The third-order valence-corrected chi connectivity index (χ3v) is 5.12. The minimum absolute atomic E-state index is 0.137. The van der Waals surface area contributed by atoms with E-state index in [9.17, 15) is 4.79 Å². The Morgan fingerprint density at radius 2 is 1.76 bits per heavy atom. The van der Waals surface area contributed by atoms with Gasteiger partial charge in [-0.25, -0.2) is 0 Å². The van der Waals surface area contributed by atoms with E-state index in [1.54, 1.807) is 12.1 Å². The van der Waals surface area contributed by atoms with E-state index in [2.05, 4.69) is 31.0 Å². The Labute approximate surface area is 150 Å². The highest BCUT2D eigenvalue weighted by Crippen LogP contribution is 2.35. The average molecular weight is 337 g/mol. The van der Waals surface area contributed by atoms with Crippen LogP contribution in [0, 0.1) is 6.92 Å². The summed E-state index contributed by atoms with van der Waals surface area (Å²) in [6.07, 6.45) is 3.66. The molecule has 0 bridgehead atoms. The Kier molecular flexibility index (Phi) is 4.98. The summed E-state index contributed by atoms with van der Waals surface area (Å²) in [7, 11) is 0. The maximum atomic E-state index is 12.5. The van der Waals surface area contributed by atoms with Gasteiger partial charge in [-0.3, -0.25) is 4.79 Å². The van der Waals surface area contributed by atoms with Gasteiger partial charge in [-0.1, -0.05) is 18.2 Å². The van der Waals surface area contributed by atoms with Crippen LogP contribution >= 0.6 is 0 Å². The van der Waals surface area contributed by atoms with Crippen molar-refractivity contribution in [3.8, 4) is 0 Å². The molecule has 4 nitrogen and oxygen atoms in total. The third-order valence-electron chi connectivity index (χ3n) is 5.12. The number of nitrogens with two attached hydrogens (primary N) is 1. The summed E-state index contributed by atoms with van der Waals surface area (Å²) in [5, 5.41) is 2.97. The van der Waals surface area contributed by atoms with Crippen LogP contribution in [0.1, 0.15) is 49.0 Å². The molecule has 1 fully saturated rings. The van der Waals surface area contributed by atoms with Gasteiger partial charge in [0, 0.05) is 23.3 Å². The quantitative estimate of drug-likeness (QED) is 0.805. The molecular formula is C21H27N3O. The maximum absolute atomic E-state index is 12.5. The molecule has 0 saturated carbocycles. The predicted octanol–water partition coefficient (Wildman–Crippen LogP) is 4.60. The molecule has 3 rings (SSSR count). The smallest absolute Gasteiger partial charge is 0.255 e. The van der Waals surface area contributed by atoms with E-state index in [0.717, 1.165) is 11.3 Å². The number of rotatable bonds is 3. The SMILES string of the molecule is Cc1cc(N)c(NC(=O)c2ccccc2)cc1N1[C@H](C)CCC[C@@H]1C. The number of anilines is 3. The summed E-state index contributed by atoms with van der Waals surface area (Å²) in [4.78, 5) is 15.0. The molecule has 2 aromatic carbocycles. The summed E-state index contributed by atoms with van der Waals surface area (Å²) in [6, 6.07) is 14.2. The Morgan fingerprint density at radius 1 is 1.12 bits per heavy atom. The molecule has 1 saturated heterocycles. The highest BCUT2D eigenvalue weighted by Gasteiger charge is 2.26. The molecule has 0 aliphatic carbocycles. The molecule has 1 amide bonds. The molecule has 2 aromatic rings. The van der Waals surface area contributed by atoms with Crippen LogP contribution in [-0.2, 0) is 0 Å². The maximum Gasteiger partial charge on any atom is 0.255 e. The number of nitrogens with zero attached hydrogens (tertiary/aromatic N) is 1. The summed E-state index contributed by atoms with van der Waals surface area (Å²) in [5.41, 5.74) is 10.4. The Balaban J connectivity index is 1.92. The van der Waals surface area contributed by atoms with Crippen LogP contribution in [-0.4, -0.2) is 18.0 Å². The minimum atomic E-state index is -0.137. The highest BCUT2D eigenvalue weighted by molar-refractivity contribution is 6.06. The van der Waals surface area contributed by atoms with Crippen molar-refractivity contribution in [1.29, 1.82) is 0 Å². The zero-order chi connectivity index (χ0) is 18.0. The van der Waals surface area contributed by atoms with Crippen LogP contribution in [0.15, 0.2) is 42.5 Å². The number of carbonyl (C=O) groups excluding carboxylic acids is 1. The minimum Gasteiger partial charge on any atom is -0.397 e. The summed E-state index contributed by atoms with van der Waals surface area (Å²) in [5.74, 6) is -0.137. The molecular weight excluding hydrogens is 310 g/mol. The van der Waals surface area contributed by atoms with Crippen molar-refractivity contribution in [1.82, 2.24) is 0 Å². The largest absolute Gasteiger partial charge is 0.397 e. The van der Waals surface area contributed by atoms with Gasteiger partial charge in [0.15, 0.2) is 0 Å². The Hall–Kier alpha value is -2.49. The summed E-state index contributed by atoms with van der Waals surface area (Å²) >= 11 is 0. The zero-order valence-electron chi connectivity index (χ0n) is 15.3. The molecule has 0 radical (unpaired) electrons. The standard InChI is InChI=1S/C21H27N3O/c1-14-12-18(22)19(23-21(25)17-10-5-4-6-11-17)13-20(14)24-15(2)8-7-9-16(24)3/h4-6,10-13,15-16H,7-9,22H2,1-3H3,(H,23,25)/t15-,16+. The van der Waals surface area contributed by atoms with Crippen LogP contribution in [0.3, 0.4) is 0 Å². The van der Waals surface area contributed by atoms with Crippen molar-refractivity contribution < 1.29 is 4.79 Å². The molecule has 2 atom stereocenters. The van der Waals surface area contributed by atoms with Gasteiger partial charge in [0.05, 0.1) is 11.4 Å². The highest BCUT2D eigenvalue weighted by atomic mass is 16.1. The second kappa shape index (κ2) is 7.18. The monoisotopic (exact) mass is 337 g/mol. The fourth-order valence-electron chi connectivity index (χ4n) is 3.79. The number of aryl methyl sites for hydroxylation is 1. The van der Waals surface area contributed by atoms with Crippen molar-refractivity contribution in [3.63, 3.8) is 0 Å². The van der Waals surface area contributed by atoms with Crippen LogP contribution < -0.4 is 16.0 Å². The van der Waals surface area contributed by atoms with E-state index >= 15 is 0 Å².